The number of para-hydroxylation sites is 2. The second kappa shape index (κ2) is 10.6. The molecule has 3 saturated heterocycles. The van der Waals surface area contributed by atoms with E-state index in [1.165, 1.54) is 4.57 Å². The first-order valence-electron chi connectivity index (χ1n) is 13.7. The van der Waals surface area contributed by atoms with Crippen molar-refractivity contribution in [1.82, 2.24) is 29.2 Å². The number of piperazine rings is 1. The molecule has 3 aliphatic heterocycles. The lowest BCUT2D eigenvalue weighted by atomic mass is 9.97. The zero-order valence-electron chi connectivity index (χ0n) is 22.2. The SMILES string of the molecule is CC(=O)N1CCN(CC(O)CN2C3CCC2CC(NC(=O)n2c(=O)n(C(C)C)c4ccccc42)C3)CC1. The maximum absolute atomic E-state index is 13.3. The summed E-state index contributed by atoms with van der Waals surface area (Å²) in [5, 5.41) is 14.0. The highest BCUT2D eigenvalue weighted by molar-refractivity contribution is 5.89. The lowest BCUT2D eigenvalue weighted by molar-refractivity contribution is -0.130. The van der Waals surface area contributed by atoms with E-state index in [4.69, 9.17) is 0 Å². The molecule has 3 atom stereocenters. The highest BCUT2D eigenvalue weighted by Crippen LogP contribution is 2.36. The van der Waals surface area contributed by atoms with Crippen molar-refractivity contribution < 1.29 is 14.7 Å². The molecule has 0 spiro atoms. The Balaban J connectivity index is 1.19. The molecule has 202 valence electrons. The van der Waals surface area contributed by atoms with E-state index in [2.05, 4.69) is 15.1 Å². The van der Waals surface area contributed by atoms with Crippen molar-refractivity contribution in [2.75, 3.05) is 39.3 Å². The minimum atomic E-state index is -0.446. The van der Waals surface area contributed by atoms with Crippen LogP contribution in [0.15, 0.2) is 29.1 Å². The molecule has 0 radical (unpaired) electrons. The molecule has 3 aliphatic rings. The molecule has 37 heavy (non-hydrogen) atoms. The van der Waals surface area contributed by atoms with E-state index >= 15 is 0 Å². The Morgan fingerprint density at radius 1 is 1.00 bits per heavy atom. The second-order valence-corrected chi connectivity index (χ2v) is 11.2. The number of hydrogen-bond donors (Lipinski definition) is 2. The number of fused-ring (bicyclic) bond motifs is 3. The van der Waals surface area contributed by atoms with Crippen molar-refractivity contribution >= 4 is 23.0 Å². The van der Waals surface area contributed by atoms with Crippen molar-refractivity contribution in [3.8, 4) is 0 Å². The number of β-amino-alcohol motifs (C(OH)–C–C–N with tert-alkyl or cyclic N) is 1. The number of benzene rings is 1. The Bertz CT molecular complexity index is 1180. The van der Waals surface area contributed by atoms with Crippen molar-refractivity contribution in [1.29, 1.82) is 0 Å². The minimum absolute atomic E-state index is 0.00566. The largest absolute Gasteiger partial charge is 0.390 e. The molecule has 3 unspecified atom stereocenters. The highest BCUT2D eigenvalue weighted by atomic mass is 16.3. The van der Waals surface area contributed by atoms with Gasteiger partial charge in [-0.1, -0.05) is 12.1 Å². The van der Waals surface area contributed by atoms with Crippen LogP contribution < -0.4 is 11.0 Å². The molecule has 10 nitrogen and oxygen atoms in total. The number of imidazole rings is 1. The van der Waals surface area contributed by atoms with Gasteiger partial charge < -0.3 is 15.3 Å². The number of amides is 2. The van der Waals surface area contributed by atoms with Crippen LogP contribution >= 0.6 is 0 Å². The number of nitrogens with zero attached hydrogens (tertiary/aromatic N) is 5. The Morgan fingerprint density at radius 3 is 2.22 bits per heavy atom. The summed E-state index contributed by atoms with van der Waals surface area (Å²) in [6.07, 6.45) is 3.33. The molecule has 1 aromatic carbocycles. The third kappa shape index (κ3) is 5.19. The Hall–Kier alpha value is -2.69. The number of carbonyl (C=O) groups excluding carboxylic acids is 2. The monoisotopic (exact) mass is 512 g/mol. The van der Waals surface area contributed by atoms with Gasteiger partial charge in [0.25, 0.3) is 0 Å². The summed E-state index contributed by atoms with van der Waals surface area (Å²) in [5.41, 5.74) is 1.09. The van der Waals surface area contributed by atoms with Crippen molar-refractivity contribution in [3.05, 3.63) is 34.7 Å². The van der Waals surface area contributed by atoms with E-state index in [9.17, 15) is 19.5 Å². The molecule has 3 fully saturated rings. The van der Waals surface area contributed by atoms with Crippen LogP contribution in [0.1, 0.15) is 52.5 Å². The van der Waals surface area contributed by atoms with Gasteiger partial charge in [0.05, 0.1) is 17.1 Å². The van der Waals surface area contributed by atoms with Crippen molar-refractivity contribution in [3.63, 3.8) is 0 Å². The average Bonchev–Trinajstić information content (AvgIpc) is 3.27. The average molecular weight is 513 g/mol. The van der Waals surface area contributed by atoms with E-state index < -0.39 is 6.10 Å². The molecule has 1 aromatic heterocycles. The maximum atomic E-state index is 13.3. The third-order valence-corrected chi connectivity index (χ3v) is 8.42. The van der Waals surface area contributed by atoms with Gasteiger partial charge in [-0.3, -0.25) is 19.2 Å². The molecule has 4 heterocycles. The van der Waals surface area contributed by atoms with Gasteiger partial charge in [-0.2, -0.15) is 0 Å². The van der Waals surface area contributed by atoms with Gasteiger partial charge in [-0.25, -0.2) is 14.2 Å². The molecule has 2 amide bonds. The van der Waals surface area contributed by atoms with Crippen LogP contribution in [0.3, 0.4) is 0 Å². The van der Waals surface area contributed by atoms with Crippen molar-refractivity contribution in [2.24, 2.45) is 0 Å². The fourth-order valence-corrected chi connectivity index (χ4v) is 6.64. The van der Waals surface area contributed by atoms with E-state index in [0.717, 1.165) is 57.4 Å². The van der Waals surface area contributed by atoms with Gasteiger partial charge in [-0.15, -0.1) is 0 Å². The number of hydrogen-bond acceptors (Lipinski definition) is 6. The molecule has 2 bridgehead atoms. The van der Waals surface area contributed by atoms with Gasteiger partial charge in [0.2, 0.25) is 5.91 Å². The normalized spacial score (nSPS) is 25.6. The van der Waals surface area contributed by atoms with Crippen LogP contribution in [0, 0.1) is 0 Å². The van der Waals surface area contributed by atoms with E-state index in [1.54, 1.807) is 11.5 Å². The Kier molecular flexibility index (Phi) is 7.42. The zero-order valence-corrected chi connectivity index (χ0v) is 22.2. The summed E-state index contributed by atoms with van der Waals surface area (Å²) in [7, 11) is 0. The predicted octanol–water partition coefficient (Wildman–Crippen LogP) is 1.46. The summed E-state index contributed by atoms with van der Waals surface area (Å²) in [5.74, 6) is 0.113. The summed E-state index contributed by atoms with van der Waals surface area (Å²) in [4.78, 5) is 44.5. The van der Waals surface area contributed by atoms with Gasteiger partial charge >= 0.3 is 11.7 Å². The van der Waals surface area contributed by atoms with Gasteiger partial charge in [0, 0.05) is 70.4 Å². The van der Waals surface area contributed by atoms with E-state index in [-0.39, 0.29) is 29.7 Å². The first-order valence-corrected chi connectivity index (χ1v) is 13.7. The molecular weight excluding hydrogens is 472 g/mol. The Morgan fingerprint density at radius 2 is 1.62 bits per heavy atom. The first-order chi connectivity index (χ1) is 17.7. The maximum Gasteiger partial charge on any atom is 0.337 e. The van der Waals surface area contributed by atoms with Crippen LogP contribution in [0.25, 0.3) is 11.0 Å². The fourth-order valence-electron chi connectivity index (χ4n) is 6.64. The number of aromatic nitrogens is 2. The van der Waals surface area contributed by atoms with Crippen LogP contribution in [0.2, 0.25) is 0 Å². The summed E-state index contributed by atoms with van der Waals surface area (Å²) in [6.45, 7) is 9.78. The fraction of sp³-hybridized carbons (Fsp3) is 0.667. The number of aliphatic hydroxyl groups is 1. The number of piperidine rings is 1. The molecule has 0 aliphatic carbocycles. The molecule has 2 N–H and O–H groups in total. The highest BCUT2D eigenvalue weighted by Gasteiger charge is 2.42. The summed E-state index contributed by atoms with van der Waals surface area (Å²) in [6, 6.07) is 7.69. The quantitative estimate of drug-likeness (QED) is 0.608. The van der Waals surface area contributed by atoms with Crippen LogP contribution in [-0.2, 0) is 4.79 Å². The van der Waals surface area contributed by atoms with Crippen LogP contribution in [-0.4, -0.2) is 104 Å². The number of rotatable bonds is 6. The second-order valence-electron chi connectivity index (χ2n) is 11.2. The van der Waals surface area contributed by atoms with E-state index in [0.29, 0.717) is 30.7 Å². The number of carbonyl (C=O) groups is 2. The molecule has 2 aromatic rings. The molecular formula is C27H40N6O4. The van der Waals surface area contributed by atoms with Gasteiger partial charge in [0.15, 0.2) is 0 Å². The summed E-state index contributed by atoms with van der Waals surface area (Å²) >= 11 is 0. The standard InChI is InChI=1S/C27H40N6O4/c1-18(2)32-24-6-4-5-7-25(24)33(27(32)37)26(36)28-20-14-21-8-9-22(15-20)31(21)17-23(35)16-29-10-12-30(13-11-29)19(3)34/h4-7,18,20-23,35H,8-17H2,1-3H3,(H,28,36). The molecule has 0 saturated carbocycles. The van der Waals surface area contributed by atoms with Crippen molar-refractivity contribution in [2.45, 2.75) is 76.7 Å². The molecule has 10 heteroatoms. The van der Waals surface area contributed by atoms with Crippen LogP contribution in [0.4, 0.5) is 4.79 Å². The lowest BCUT2D eigenvalue weighted by Gasteiger charge is -2.41. The van der Waals surface area contributed by atoms with Gasteiger partial charge in [-0.05, 0) is 51.7 Å². The lowest BCUT2D eigenvalue weighted by Crippen LogP contribution is -2.55. The number of aliphatic hydroxyl groups excluding tert-OH is 1. The minimum Gasteiger partial charge on any atom is -0.390 e. The Labute approximate surface area is 217 Å². The smallest absolute Gasteiger partial charge is 0.337 e. The predicted molar refractivity (Wildman–Crippen MR) is 142 cm³/mol. The number of nitrogens with one attached hydrogen (secondary N) is 1. The van der Waals surface area contributed by atoms with E-state index in [1.807, 2.05) is 43.0 Å². The van der Waals surface area contributed by atoms with Crippen LogP contribution in [0.5, 0.6) is 0 Å². The zero-order chi connectivity index (χ0) is 26.3. The third-order valence-electron chi connectivity index (χ3n) is 8.42. The first kappa shape index (κ1) is 25.9. The summed E-state index contributed by atoms with van der Waals surface area (Å²) < 4.78 is 2.95. The van der Waals surface area contributed by atoms with Gasteiger partial charge in [0.1, 0.15) is 0 Å². The molecule has 5 rings (SSSR count). The topological polar surface area (TPSA) is 103 Å².